The number of hydrogen-bond donors (Lipinski definition) is 2. The van der Waals surface area contributed by atoms with Gasteiger partial charge in [-0.2, -0.15) is 0 Å². The van der Waals surface area contributed by atoms with Gasteiger partial charge >= 0.3 is 0 Å². The van der Waals surface area contributed by atoms with E-state index in [9.17, 15) is 10.1 Å². The van der Waals surface area contributed by atoms with E-state index in [2.05, 4.69) is 22.4 Å². The molecular formula is C25H31N5O2. The first-order valence-corrected chi connectivity index (χ1v) is 11.3. The van der Waals surface area contributed by atoms with Crippen molar-refractivity contribution >= 4 is 17.2 Å². The van der Waals surface area contributed by atoms with E-state index >= 15 is 0 Å². The van der Waals surface area contributed by atoms with Crippen molar-refractivity contribution in [1.29, 1.82) is 0 Å². The summed E-state index contributed by atoms with van der Waals surface area (Å²) in [7, 11) is 0. The Bertz CT molecular complexity index is 1000. The zero-order valence-corrected chi connectivity index (χ0v) is 18.6. The number of nitro groups is 1. The largest absolute Gasteiger partial charge is 0.399 e. The Labute approximate surface area is 189 Å². The number of non-ortho nitro benzene ring substituents is 1. The van der Waals surface area contributed by atoms with Gasteiger partial charge in [-0.15, -0.1) is 10.2 Å². The van der Waals surface area contributed by atoms with Crippen LogP contribution in [0.25, 0.3) is 22.4 Å². The van der Waals surface area contributed by atoms with Gasteiger partial charge in [0.15, 0.2) is 0 Å². The van der Waals surface area contributed by atoms with Gasteiger partial charge in [-0.3, -0.25) is 10.1 Å². The van der Waals surface area contributed by atoms with Gasteiger partial charge in [0.05, 0.1) is 4.92 Å². The van der Waals surface area contributed by atoms with Crippen molar-refractivity contribution in [3.05, 3.63) is 64.7 Å². The molecule has 0 radical (unpaired) electrons. The number of nitrogens with zero attached hydrogens (tertiary/aromatic N) is 3. The van der Waals surface area contributed by atoms with Gasteiger partial charge in [0.1, 0.15) is 11.5 Å². The highest BCUT2D eigenvalue weighted by Crippen LogP contribution is 2.32. The van der Waals surface area contributed by atoms with Gasteiger partial charge in [0, 0.05) is 35.5 Å². The molecule has 1 heterocycles. The Balaban J connectivity index is 1.74. The van der Waals surface area contributed by atoms with Gasteiger partial charge in [-0.1, -0.05) is 57.6 Å². The number of benzene rings is 2. The number of rotatable bonds is 12. The molecule has 168 valence electrons. The third kappa shape index (κ3) is 6.51. The van der Waals surface area contributed by atoms with Crippen LogP contribution in [0, 0.1) is 10.1 Å². The van der Waals surface area contributed by atoms with Crippen LogP contribution >= 0.6 is 0 Å². The maximum Gasteiger partial charge on any atom is 0.269 e. The van der Waals surface area contributed by atoms with Gasteiger partial charge in [-0.05, 0) is 42.3 Å². The van der Waals surface area contributed by atoms with Gasteiger partial charge < -0.3 is 11.1 Å². The molecule has 3 rings (SSSR count). The number of aromatic nitrogens is 2. The molecule has 0 aliphatic heterocycles. The number of hydrogen-bond acceptors (Lipinski definition) is 6. The monoisotopic (exact) mass is 433 g/mol. The summed E-state index contributed by atoms with van der Waals surface area (Å²) in [5.74, 6) is 0.716. The quantitative estimate of drug-likeness (QED) is 0.147. The van der Waals surface area contributed by atoms with E-state index in [0.29, 0.717) is 17.2 Å². The van der Waals surface area contributed by atoms with Gasteiger partial charge in [0.25, 0.3) is 5.69 Å². The van der Waals surface area contributed by atoms with E-state index in [4.69, 9.17) is 5.73 Å². The van der Waals surface area contributed by atoms with Gasteiger partial charge in [0.2, 0.25) is 0 Å². The standard InChI is InChI=1S/C25H31N5O2/c1-2-3-4-5-6-7-8-17-27-24-18-23(19-9-13-21(26)14-10-19)25(29-28-24)20-11-15-22(16-12-20)30(31)32/h9-16,18H,2-8,17,26H2,1H3,(H,27,28). The molecule has 32 heavy (non-hydrogen) atoms. The summed E-state index contributed by atoms with van der Waals surface area (Å²) < 4.78 is 0. The predicted octanol–water partition coefficient (Wildman–Crippen LogP) is 6.46. The van der Waals surface area contributed by atoms with Crippen molar-refractivity contribution in [3.8, 4) is 22.4 Å². The first-order chi connectivity index (χ1) is 15.6. The number of nitrogens with two attached hydrogens (primary N) is 1. The second-order valence-electron chi connectivity index (χ2n) is 7.97. The Morgan fingerprint density at radius 3 is 2.16 bits per heavy atom. The lowest BCUT2D eigenvalue weighted by molar-refractivity contribution is -0.384. The molecule has 0 unspecified atom stereocenters. The molecule has 0 saturated carbocycles. The third-order valence-electron chi connectivity index (χ3n) is 5.45. The van der Waals surface area contributed by atoms with Crippen LogP contribution in [-0.2, 0) is 0 Å². The van der Waals surface area contributed by atoms with Crippen LogP contribution < -0.4 is 11.1 Å². The molecule has 3 aromatic rings. The molecule has 0 bridgehead atoms. The van der Waals surface area contributed by atoms with Crippen LogP contribution in [0.15, 0.2) is 54.6 Å². The summed E-state index contributed by atoms with van der Waals surface area (Å²) in [5, 5.41) is 23.2. The lowest BCUT2D eigenvalue weighted by atomic mass is 9.99. The summed E-state index contributed by atoms with van der Waals surface area (Å²) in [5.41, 5.74) is 9.89. The SMILES string of the molecule is CCCCCCCCCNc1cc(-c2ccc(N)cc2)c(-c2ccc([N+](=O)[O-])cc2)nn1. The Morgan fingerprint density at radius 1 is 0.875 bits per heavy atom. The molecule has 7 heteroatoms. The molecule has 0 aliphatic rings. The van der Waals surface area contributed by atoms with Crippen molar-refractivity contribution in [3.63, 3.8) is 0 Å². The predicted molar refractivity (Wildman–Crippen MR) is 130 cm³/mol. The fraction of sp³-hybridized carbons (Fsp3) is 0.360. The third-order valence-corrected chi connectivity index (χ3v) is 5.45. The van der Waals surface area contributed by atoms with E-state index < -0.39 is 4.92 Å². The number of anilines is 2. The van der Waals surface area contributed by atoms with Crippen LogP contribution in [-0.4, -0.2) is 21.7 Å². The second-order valence-corrected chi connectivity index (χ2v) is 7.97. The fourth-order valence-electron chi connectivity index (χ4n) is 3.61. The zero-order chi connectivity index (χ0) is 22.8. The van der Waals surface area contributed by atoms with Crippen LogP contribution in [0.2, 0.25) is 0 Å². The van der Waals surface area contributed by atoms with Crippen LogP contribution in [0.5, 0.6) is 0 Å². The minimum absolute atomic E-state index is 0.0451. The topological polar surface area (TPSA) is 107 Å². The smallest absolute Gasteiger partial charge is 0.269 e. The van der Waals surface area contributed by atoms with Crippen LogP contribution in [0.4, 0.5) is 17.2 Å². The number of nitrogen functional groups attached to an aromatic ring is 1. The lowest BCUT2D eigenvalue weighted by Gasteiger charge is -2.12. The zero-order valence-electron chi connectivity index (χ0n) is 18.6. The van der Waals surface area contributed by atoms with Crippen molar-refractivity contribution in [2.75, 3.05) is 17.6 Å². The Morgan fingerprint density at radius 2 is 1.50 bits per heavy atom. The summed E-state index contributed by atoms with van der Waals surface area (Å²) in [6, 6.07) is 15.9. The second kappa shape index (κ2) is 11.8. The highest BCUT2D eigenvalue weighted by Gasteiger charge is 2.13. The average molecular weight is 434 g/mol. The minimum atomic E-state index is -0.410. The van der Waals surface area contributed by atoms with Crippen LogP contribution in [0.1, 0.15) is 51.9 Å². The maximum absolute atomic E-state index is 11.0. The van der Waals surface area contributed by atoms with E-state index in [1.165, 1.54) is 50.7 Å². The molecule has 0 saturated heterocycles. The summed E-state index contributed by atoms with van der Waals surface area (Å²) >= 11 is 0. The van der Waals surface area contributed by atoms with E-state index in [-0.39, 0.29) is 5.69 Å². The molecular weight excluding hydrogens is 402 g/mol. The first kappa shape index (κ1) is 23.2. The number of nitrogens with one attached hydrogen (secondary N) is 1. The molecule has 2 aromatic carbocycles. The van der Waals surface area contributed by atoms with E-state index in [0.717, 1.165) is 29.7 Å². The molecule has 0 fully saturated rings. The number of nitro benzene ring substituents is 1. The van der Waals surface area contributed by atoms with Crippen molar-refractivity contribution in [1.82, 2.24) is 10.2 Å². The summed E-state index contributed by atoms with van der Waals surface area (Å²) in [4.78, 5) is 10.6. The average Bonchev–Trinajstić information content (AvgIpc) is 2.81. The maximum atomic E-state index is 11.0. The first-order valence-electron chi connectivity index (χ1n) is 11.3. The van der Waals surface area contributed by atoms with Crippen molar-refractivity contribution < 1.29 is 4.92 Å². The molecule has 0 atom stereocenters. The molecule has 0 amide bonds. The normalized spacial score (nSPS) is 10.8. The Kier molecular flexibility index (Phi) is 8.54. The molecule has 3 N–H and O–H groups in total. The van der Waals surface area contributed by atoms with Gasteiger partial charge in [-0.25, -0.2) is 0 Å². The van der Waals surface area contributed by atoms with E-state index in [1.54, 1.807) is 12.1 Å². The molecule has 0 spiro atoms. The summed E-state index contributed by atoms with van der Waals surface area (Å²) in [6.07, 6.45) is 8.78. The van der Waals surface area contributed by atoms with Crippen molar-refractivity contribution in [2.24, 2.45) is 0 Å². The fourth-order valence-corrected chi connectivity index (χ4v) is 3.61. The Hall–Kier alpha value is -3.48. The van der Waals surface area contributed by atoms with Crippen molar-refractivity contribution in [2.45, 2.75) is 51.9 Å². The number of unbranched alkanes of at least 4 members (excludes halogenated alkanes) is 6. The minimum Gasteiger partial charge on any atom is -0.399 e. The van der Waals surface area contributed by atoms with Crippen LogP contribution in [0.3, 0.4) is 0 Å². The summed E-state index contributed by atoms with van der Waals surface area (Å²) in [6.45, 7) is 3.08. The molecule has 7 nitrogen and oxygen atoms in total. The highest BCUT2D eigenvalue weighted by molar-refractivity contribution is 5.82. The molecule has 1 aromatic heterocycles. The highest BCUT2D eigenvalue weighted by atomic mass is 16.6. The molecule has 0 aliphatic carbocycles. The lowest BCUT2D eigenvalue weighted by Crippen LogP contribution is -2.05. The van der Waals surface area contributed by atoms with E-state index in [1.807, 2.05) is 30.3 Å².